The van der Waals surface area contributed by atoms with Crippen molar-refractivity contribution < 1.29 is 0 Å². The number of halogens is 1. The van der Waals surface area contributed by atoms with Crippen LogP contribution in [0.15, 0.2) is 6.20 Å². The lowest BCUT2D eigenvalue weighted by Crippen LogP contribution is -2.36. The molecule has 0 fully saturated rings. The number of aromatic nitrogens is 3. The molecular weight excluding hydrogens is 226 g/mol. The smallest absolute Gasteiger partial charge is 0.0966 e. The lowest BCUT2D eigenvalue weighted by atomic mass is 9.93. The number of hydrogen-bond acceptors (Lipinski definition) is 4. The summed E-state index contributed by atoms with van der Waals surface area (Å²) in [5.74, 6) is 0. The van der Waals surface area contributed by atoms with Crippen LogP contribution in [-0.2, 0) is 13.6 Å². The maximum absolute atomic E-state index is 5.69. The number of nitrogens with two attached hydrogens (primary N) is 1. The fraction of sp³-hybridized carbons (Fsp3) is 0.800. The third-order valence-electron chi connectivity index (χ3n) is 2.33. The first kappa shape index (κ1) is 15.3. The maximum Gasteiger partial charge on any atom is 0.0966 e. The lowest BCUT2D eigenvalue weighted by molar-refractivity contribution is 0.208. The summed E-state index contributed by atoms with van der Waals surface area (Å²) in [4.78, 5) is 2.22. The zero-order valence-electron chi connectivity index (χ0n) is 10.5. The number of aryl methyl sites for hydroxylation is 1. The van der Waals surface area contributed by atoms with Gasteiger partial charge in [-0.25, -0.2) is 0 Å². The zero-order chi connectivity index (χ0) is 11.5. The molecule has 0 aliphatic rings. The summed E-state index contributed by atoms with van der Waals surface area (Å²) in [5.41, 5.74) is 6.84. The van der Waals surface area contributed by atoms with Gasteiger partial charge in [-0.05, 0) is 19.0 Å². The van der Waals surface area contributed by atoms with Gasteiger partial charge in [0.05, 0.1) is 5.69 Å². The van der Waals surface area contributed by atoms with Gasteiger partial charge in [-0.3, -0.25) is 9.58 Å². The summed E-state index contributed by atoms with van der Waals surface area (Å²) in [6.07, 6.45) is 1.94. The molecule has 94 valence electrons. The number of rotatable bonds is 5. The van der Waals surface area contributed by atoms with Gasteiger partial charge in [-0.2, -0.15) is 0 Å². The van der Waals surface area contributed by atoms with Gasteiger partial charge in [0.25, 0.3) is 0 Å². The van der Waals surface area contributed by atoms with E-state index in [-0.39, 0.29) is 17.8 Å². The maximum atomic E-state index is 5.69. The molecule has 1 heterocycles. The molecule has 0 saturated heterocycles. The Morgan fingerprint density at radius 3 is 2.56 bits per heavy atom. The minimum atomic E-state index is 0. The molecule has 0 bridgehead atoms. The Hall–Kier alpha value is -0.650. The number of nitrogens with zero attached hydrogens (tertiary/aromatic N) is 4. The topological polar surface area (TPSA) is 60.0 Å². The van der Waals surface area contributed by atoms with Crippen LogP contribution in [-0.4, -0.2) is 40.0 Å². The third kappa shape index (κ3) is 4.92. The van der Waals surface area contributed by atoms with Gasteiger partial charge in [0, 0.05) is 26.3 Å². The van der Waals surface area contributed by atoms with Crippen molar-refractivity contribution in [1.82, 2.24) is 19.9 Å². The summed E-state index contributed by atoms with van der Waals surface area (Å²) in [6.45, 7) is 6.80. The van der Waals surface area contributed by atoms with E-state index in [4.69, 9.17) is 5.73 Å². The summed E-state index contributed by atoms with van der Waals surface area (Å²) in [7, 11) is 3.95. The van der Waals surface area contributed by atoms with Gasteiger partial charge in [0.2, 0.25) is 0 Å². The van der Waals surface area contributed by atoms with Crippen LogP contribution in [0.5, 0.6) is 0 Å². The highest BCUT2D eigenvalue weighted by Crippen LogP contribution is 2.14. The van der Waals surface area contributed by atoms with E-state index < -0.39 is 0 Å². The molecule has 2 N–H and O–H groups in total. The van der Waals surface area contributed by atoms with Crippen molar-refractivity contribution in [2.45, 2.75) is 20.4 Å². The molecule has 0 unspecified atom stereocenters. The molecule has 6 heteroatoms. The molecule has 16 heavy (non-hydrogen) atoms. The Balaban J connectivity index is 0.00000225. The molecule has 0 saturated carbocycles. The monoisotopic (exact) mass is 247 g/mol. The molecule has 0 aliphatic carbocycles. The van der Waals surface area contributed by atoms with Crippen LogP contribution < -0.4 is 5.73 Å². The van der Waals surface area contributed by atoms with E-state index in [0.717, 1.165) is 18.8 Å². The molecule has 0 atom stereocenters. The predicted molar refractivity (Wildman–Crippen MR) is 67.4 cm³/mol. The molecular formula is C10H22ClN5. The summed E-state index contributed by atoms with van der Waals surface area (Å²) < 4.78 is 1.72. The van der Waals surface area contributed by atoms with Gasteiger partial charge in [-0.1, -0.05) is 19.1 Å². The van der Waals surface area contributed by atoms with E-state index in [9.17, 15) is 0 Å². The molecule has 1 aromatic rings. The standard InChI is InChI=1S/C10H21N5.ClH/c1-10(2,7-11)8-14(3)5-9-6-15(4)13-12-9;/h6H,5,7-8,11H2,1-4H3;1H. The van der Waals surface area contributed by atoms with Gasteiger partial charge < -0.3 is 5.73 Å². The van der Waals surface area contributed by atoms with Crippen molar-refractivity contribution in [2.75, 3.05) is 20.1 Å². The van der Waals surface area contributed by atoms with Crippen molar-refractivity contribution in [3.63, 3.8) is 0 Å². The second-order valence-electron chi connectivity index (χ2n) is 4.92. The van der Waals surface area contributed by atoms with Crippen LogP contribution in [0.3, 0.4) is 0 Å². The van der Waals surface area contributed by atoms with Crippen LogP contribution >= 0.6 is 12.4 Å². The highest BCUT2D eigenvalue weighted by Gasteiger charge is 2.18. The number of hydrogen-bond donors (Lipinski definition) is 1. The molecule has 0 radical (unpaired) electrons. The van der Waals surface area contributed by atoms with Crippen LogP contribution in [0.25, 0.3) is 0 Å². The average Bonchev–Trinajstić information content (AvgIpc) is 2.50. The summed E-state index contributed by atoms with van der Waals surface area (Å²) in [5, 5.41) is 7.95. The largest absolute Gasteiger partial charge is 0.330 e. The van der Waals surface area contributed by atoms with E-state index in [1.807, 2.05) is 13.2 Å². The average molecular weight is 248 g/mol. The minimum absolute atomic E-state index is 0. The summed E-state index contributed by atoms with van der Waals surface area (Å²) >= 11 is 0. The quantitative estimate of drug-likeness (QED) is 0.830. The molecule has 0 aliphatic heterocycles. The molecule has 1 rings (SSSR count). The normalized spacial score (nSPS) is 11.6. The second-order valence-corrected chi connectivity index (χ2v) is 4.92. The van der Waals surface area contributed by atoms with E-state index >= 15 is 0 Å². The fourth-order valence-electron chi connectivity index (χ4n) is 1.60. The zero-order valence-corrected chi connectivity index (χ0v) is 11.3. The molecule has 0 amide bonds. The van der Waals surface area contributed by atoms with Crippen LogP contribution in [0.1, 0.15) is 19.5 Å². The van der Waals surface area contributed by atoms with E-state index in [1.165, 1.54) is 0 Å². The molecule has 1 aromatic heterocycles. The van der Waals surface area contributed by atoms with E-state index in [2.05, 4.69) is 36.1 Å². The molecule has 0 aromatic carbocycles. The SMILES string of the molecule is CN(Cc1cn(C)nn1)CC(C)(C)CN.Cl. The Bertz CT molecular complexity index is 310. The van der Waals surface area contributed by atoms with E-state index in [1.54, 1.807) is 4.68 Å². The highest BCUT2D eigenvalue weighted by molar-refractivity contribution is 5.85. The van der Waals surface area contributed by atoms with Crippen molar-refractivity contribution in [3.8, 4) is 0 Å². The molecule has 5 nitrogen and oxygen atoms in total. The minimum Gasteiger partial charge on any atom is -0.330 e. The van der Waals surface area contributed by atoms with Crippen molar-refractivity contribution in [1.29, 1.82) is 0 Å². The fourth-order valence-corrected chi connectivity index (χ4v) is 1.60. The lowest BCUT2D eigenvalue weighted by Gasteiger charge is -2.28. The molecule has 0 spiro atoms. The Kier molecular flexibility index (Phi) is 5.92. The Morgan fingerprint density at radius 1 is 1.50 bits per heavy atom. The van der Waals surface area contributed by atoms with Crippen molar-refractivity contribution in [3.05, 3.63) is 11.9 Å². The first-order valence-electron chi connectivity index (χ1n) is 5.17. The second kappa shape index (κ2) is 6.18. The Labute approximate surface area is 103 Å². The summed E-state index contributed by atoms with van der Waals surface area (Å²) in [6, 6.07) is 0. The van der Waals surface area contributed by atoms with Gasteiger partial charge >= 0.3 is 0 Å². The van der Waals surface area contributed by atoms with Gasteiger partial charge in [0.15, 0.2) is 0 Å². The van der Waals surface area contributed by atoms with E-state index in [0.29, 0.717) is 6.54 Å². The third-order valence-corrected chi connectivity index (χ3v) is 2.33. The van der Waals surface area contributed by atoms with Crippen LogP contribution in [0.2, 0.25) is 0 Å². The van der Waals surface area contributed by atoms with Crippen molar-refractivity contribution in [2.24, 2.45) is 18.2 Å². The van der Waals surface area contributed by atoms with Gasteiger partial charge in [0.1, 0.15) is 0 Å². The predicted octanol–water partition coefficient (Wildman–Crippen LogP) is 0.654. The van der Waals surface area contributed by atoms with Crippen molar-refractivity contribution >= 4 is 12.4 Å². The first-order chi connectivity index (χ1) is 6.93. The van der Waals surface area contributed by atoms with Gasteiger partial charge in [-0.15, -0.1) is 17.5 Å². The van der Waals surface area contributed by atoms with Crippen LogP contribution in [0.4, 0.5) is 0 Å². The van der Waals surface area contributed by atoms with Crippen LogP contribution in [0, 0.1) is 5.41 Å². The first-order valence-corrected chi connectivity index (χ1v) is 5.17. The highest BCUT2D eigenvalue weighted by atomic mass is 35.5. The Morgan fingerprint density at radius 2 is 2.12 bits per heavy atom.